The summed E-state index contributed by atoms with van der Waals surface area (Å²) in [6.45, 7) is 2.71. The van der Waals surface area contributed by atoms with Crippen LogP contribution < -0.4 is 10.2 Å². The van der Waals surface area contributed by atoms with Crippen LogP contribution in [0, 0.1) is 12.8 Å². The van der Waals surface area contributed by atoms with Gasteiger partial charge in [-0.3, -0.25) is 14.4 Å². The van der Waals surface area contributed by atoms with Gasteiger partial charge in [0, 0.05) is 30.8 Å². The molecule has 1 unspecified atom stereocenters. The fourth-order valence-corrected chi connectivity index (χ4v) is 3.40. The second kappa shape index (κ2) is 8.69. The molecule has 1 saturated heterocycles. The molecule has 0 spiro atoms. The molecule has 0 aliphatic carbocycles. The van der Waals surface area contributed by atoms with Crippen molar-refractivity contribution >= 4 is 23.5 Å². The number of nitrogens with one attached hydrogen (secondary N) is 1. The summed E-state index contributed by atoms with van der Waals surface area (Å²) < 4.78 is 0. The lowest BCUT2D eigenvalue weighted by Gasteiger charge is -2.16. The third-order valence-electron chi connectivity index (χ3n) is 4.94. The molecule has 0 saturated carbocycles. The molecule has 0 radical (unpaired) electrons. The average Bonchev–Trinajstić information content (AvgIpc) is 3.10. The molecule has 6 heteroatoms. The van der Waals surface area contributed by atoms with Gasteiger partial charge in [-0.25, -0.2) is 0 Å². The van der Waals surface area contributed by atoms with Gasteiger partial charge in [-0.15, -0.1) is 0 Å². The monoisotopic (exact) mass is 380 g/mol. The van der Waals surface area contributed by atoms with Gasteiger partial charge in [0.2, 0.25) is 5.91 Å². The Morgan fingerprint density at radius 3 is 2.54 bits per heavy atom. The third kappa shape index (κ3) is 4.76. The summed E-state index contributed by atoms with van der Waals surface area (Å²) in [6.07, 6.45) is 1.76. The minimum atomic E-state index is -0.940. The molecule has 146 valence electrons. The van der Waals surface area contributed by atoms with Gasteiger partial charge in [0.1, 0.15) is 0 Å². The molecule has 2 aromatic rings. The number of rotatable bonds is 7. The maximum absolute atomic E-state index is 12.4. The number of hydrogen-bond donors (Lipinski definition) is 2. The molecule has 1 aliphatic rings. The van der Waals surface area contributed by atoms with Gasteiger partial charge < -0.3 is 15.3 Å². The minimum Gasteiger partial charge on any atom is -0.481 e. The van der Waals surface area contributed by atoms with Crippen LogP contribution in [-0.2, 0) is 16.0 Å². The average molecular weight is 380 g/mol. The van der Waals surface area contributed by atoms with Gasteiger partial charge in [-0.1, -0.05) is 29.8 Å². The van der Waals surface area contributed by atoms with Crippen LogP contribution in [0.25, 0.3) is 0 Å². The smallest absolute Gasteiger partial charge is 0.308 e. The largest absolute Gasteiger partial charge is 0.481 e. The van der Waals surface area contributed by atoms with Crippen LogP contribution in [0.4, 0.5) is 5.69 Å². The zero-order chi connectivity index (χ0) is 20.1. The van der Waals surface area contributed by atoms with Crippen LogP contribution in [-0.4, -0.2) is 36.0 Å². The minimum absolute atomic E-state index is 0.0501. The van der Waals surface area contributed by atoms with E-state index in [0.717, 1.165) is 23.2 Å². The topological polar surface area (TPSA) is 86.7 Å². The van der Waals surface area contributed by atoms with E-state index in [1.165, 1.54) is 0 Å². The van der Waals surface area contributed by atoms with Crippen molar-refractivity contribution in [2.45, 2.75) is 26.2 Å². The first kappa shape index (κ1) is 19.6. The Balaban J connectivity index is 1.59. The Morgan fingerprint density at radius 1 is 1.18 bits per heavy atom. The number of aryl methyl sites for hydroxylation is 1. The van der Waals surface area contributed by atoms with E-state index in [4.69, 9.17) is 0 Å². The van der Waals surface area contributed by atoms with Crippen molar-refractivity contribution in [3.63, 3.8) is 0 Å². The van der Waals surface area contributed by atoms with Gasteiger partial charge in [0.25, 0.3) is 5.91 Å². The molecule has 1 fully saturated rings. The quantitative estimate of drug-likeness (QED) is 0.773. The summed E-state index contributed by atoms with van der Waals surface area (Å²) in [5.41, 5.74) is 3.22. The van der Waals surface area contributed by atoms with Crippen LogP contribution in [0.15, 0.2) is 48.5 Å². The van der Waals surface area contributed by atoms with Gasteiger partial charge in [-0.2, -0.15) is 0 Å². The summed E-state index contributed by atoms with van der Waals surface area (Å²) in [5.74, 6) is -1.87. The number of carboxylic acid groups (broad SMARTS) is 1. The zero-order valence-electron chi connectivity index (χ0n) is 15.9. The van der Waals surface area contributed by atoms with Gasteiger partial charge in [0.15, 0.2) is 0 Å². The number of anilines is 1. The van der Waals surface area contributed by atoms with Crippen LogP contribution in [0.2, 0.25) is 0 Å². The highest BCUT2D eigenvalue weighted by Gasteiger charge is 2.22. The van der Waals surface area contributed by atoms with Crippen molar-refractivity contribution in [1.29, 1.82) is 0 Å². The number of hydrogen-bond acceptors (Lipinski definition) is 3. The van der Waals surface area contributed by atoms with Crippen molar-refractivity contribution in [2.75, 3.05) is 18.0 Å². The zero-order valence-corrected chi connectivity index (χ0v) is 15.9. The van der Waals surface area contributed by atoms with Gasteiger partial charge in [-0.05, 0) is 49.6 Å². The molecule has 2 amide bonds. The molecule has 28 heavy (non-hydrogen) atoms. The number of carboxylic acids is 1. The molecule has 1 heterocycles. The molecule has 0 bridgehead atoms. The van der Waals surface area contributed by atoms with E-state index in [1.54, 1.807) is 29.2 Å². The Bertz CT molecular complexity index is 876. The number of nitrogens with zero attached hydrogens (tertiary/aromatic N) is 1. The molecule has 6 nitrogen and oxygen atoms in total. The molecule has 1 atom stereocenters. The van der Waals surface area contributed by atoms with Crippen molar-refractivity contribution in [2.24, 2.45) is 5.92 Å². The molecular weight excluding hydrogens is 356 g/mol. The van der Waals surface area contributed by atoms with E-state index in [1.807, 2.05) is 31.2 Å². The number of amides is 2. The molecule has 2 aromatic carbocycles. The molecule has 0 aromatic heterocycles. The second-order valence-electron chi connectivity index (χ2n) is 7.13. The Kier molecular flexibility index (Phi) is 6.09. The van der Waals surface area contributed by atoms with E-state index in [-0.39, 0.29) is 18.4 Å². The Labute approximate surface area is 164 Å². The first-order valence-corrected chi connectivity index (χ1v) is 9.41. The predicted octanol–water partition coefficient (Wildman–Crippen LogP) is 2.80. The molecular formula is C22H24N2O4. The molecule has 3 rings (SSSR count). The maximum Gasteiger partial charge on any atom is 0.308 e. The van der Waals surface area contributed by atoms with E-state index in [0.29, 0.717) is 24.9 Å². The number of benzene rings is 2. The fraction of sp³-hybridized carbons (Fsp3) is 0.318. The molecule has 1 aliphatic heterocycles. The van der Waals surface area contributed by atoms with Crippen LogP contribution >= 0.6 is 0 Å². The Morgan fingerprint density at radius 2 is 1.93 bits per heavy atom. The summed E-state index contributed by atoms with van der Waals surface area (Å²) in [7, 11) is 0. The third-order valence-corrected chi connectivity index (χ3v) is 4.94. The van der Waals surface area contributed by atoms with E-state index < -0.39 is 11.9 Å². The van der Waals surface area contributed by atoms with Crippen LogP contribution in [0.1, 0.15) is 34.3 Å². The maximum atomic E-state index is 12.4. The standard InChI is InChI=1S/C22H24N2O4/c1-15-4-2-5-16(12-15)13-18(22(27)28)14-23-21(26)17-7-9-19(10-8-17)24-11-3-6-20(24)25/h2,4-5,7-10,12,18H,3,6,11,13-14H2,1H3,(H,23,26)(H,27,28). The summed E-state index contributed by atoms with van der Waals surface area (Å²) in [5, 5.41) is 12.2. The van der Waals surface area contributed by atoms with Crippen molar-refractivity contribution in [3.05, 3.63) is 65.2 Å². The van der Waals surface area contributed by atoms with Crippen LogP contribution in [0.5, 0.6) is 0 Å². The number of aliphatic carboxylic acids is 1. The SMILES string of the molecule is Cc1cccc(CC(CNC(=O)c2ccc(N3CCCC3=O)cc2)C(=O)O)c1. The van der Waals surface area contributed by atoms with Crippen LogP contribution in [0.3, 0.4) is 0 Å². The predicted molar refractivity (Wildman–Crippen MR) is 106 cm³/mol. The summed E-state index contributed by atoms with van der Waals surface area (Å²) in [6, 6.07) is 14.5. The van der Waals surface area contributed by atoms with Crippen molar-refractivity contribution < 1.29 is 19.5 Å². The lowest BCUT2D eigenvalue weighted by atomic mass is 9.98. The number of carbonyl (C=O) groups excluding carboxylic acids is 2. The summed E-state index contributed by atoms with van der Waals surface area (Å²) in [4.78, 5) is 37.5. The lowest BCUT2D eigenvalue weighted by molar-refractivity contribution is -0.141. The lowest BCUT2D eigenvalue weighted by Crippen LogP contribution is -2.34. The van der Waals surface area contributed by atoms with E-state index in [9.17, 15) is 19.5 Å². The van der Waals surface area contributed by atoms with E-state index >= 15 is 0 Å². The normalized spacial score (nSPS) is 14.8. The second-order valence-corrected chi connectivity index (χ2v) is 7.13. The fourth-order valence-electron chi connectivity index (χ4n) is 3.40. The van der Waals surface area contributed by atoms with E-state index in [2.05, 4.69) is 5.32 Å². The Hall–Kier alpha value is -3.15. The van der Waals surface area contributed by atoms with Gasteiger partial charge >= 0.3 is 5.97 Å². The first-order valence-electron chi connectivity index (χ1n) is 9.41. The summed E-state index contributed by atoms with van der Waals surface area (Å²) >= 11 is 0. The first-order chi connectivity index (χ1) is 13.4. The van der Waals surface area contributed by atoms with Crippen molar-refractivity contribution in [3.8, 4) is 0 Å². The highest BCUT2D eigenvalue weighted by atomic mass is 16.4. The van der Waals surface area contributed by atoms with Crippen molar-refractivity contribution in [1.82, 2.24) is 5.32 Å². The number of carbonyl (C=O) groups is 3. The highest BCUT2D eigenvalue weighted by Crippen LogP contribution is 2.21. The van der Waals surface area contributed by atoms with Gasteiger partial charge in [0.05, 0.1) is 5.92 Å². The highest BCUT2D eigenvalue weighted by molar-refractivity contribution is 5.97. The molecule has 2 N–H and O–H groups in total.